The SMILES string of the molecule is CC(C)OC(=O)CN1CCC(N2CCCCC2)CC1. The zero-order chi connectivity index (χ0) is 13.7. The summed E-state index contributed by atoms with van der Waals surface area (Å²) >= 11 is 0. The molecule has 0 N–H and O–H groups in total. The number of carbonyl (C=O) groups excluding carboxylic acids is 1. The molecular weight excluding hydrogens is 240 g/mol. The third-order valence-electron chi connectivity index (χ3n) is 4.18. The van der Waals surface area contributed by atoms with Crippen LogP contribution in [0.2, 0.25) is 0 Å². The highest BCUT2D eigenvalue weighted by Gasteiger charge is 2.26. The molecule has 2 fully saturated rings. The van der Waals surface area contributed by atoms with E-state index >= 15 is 0 Å². The Morgan fingerprint density at radius 2 is 1.74 bits per heavy atom. The molecule has 0 unspecified atom stereocenters. The van der Waals surface area contributed by atoms with Crippen LogP contribution in [-0.4, -0.2) is 60.6 Å². The summed E-state index contributed by atoms with van der Waals surface area (Å²) < 4.78 is 5.21. The molecule has 110 valence electrons. The predicted octanol–water partition coefficient (Wildman–Crippen LogP) is 1.89. The molecule has 0 spiro atoms. The van der Waals surface area contributed by atoms with Gasteiger partial charge in [0.1, 0.15) is 0 Å². The molecule has 4 heteroatoms. The summed E-state index contributed by atoms with van der Waals surface area (Å²) in [5.41, 5.74) is 0. The molecule has 2 aliphatic rings. The van der Waals surface area contributed by atoms with Gasteiger partial charge in [0.05, 0.1) is 12.6 Å². The molecule has 2 aliphatic heterocycles. The van der Waals surface area contributed by atoms with Gasteiger partial charge in [-0.3, -0.25) is 9.69 Å². The molecule has 0 aromatic heterocycles. The van der Waals surface area contributed by atoms with Crippen molar-refractivity contribution >= 4 is 5.97 Å². The Morgan fingerprint density at radius 1 is 1.11 bits per heavy atom. The maximum atomic E-state index is 11.6. The molecule has 19 heavy (non-hydrogen) atoms. The van der Waals surface area contributed by atoms with Crippen molar-refractivity contribution in [3.8, 4) is 0 Å². The Balaban J connectivity index is 1.68. The van der Waals surface area contributed by atoms with Crippen molar-refractivity contribution in [1.82, 2.24) is 9.80 Å². The number of hydrogen-bond donors (Lipinski definition) is 0. The first kappa shape index (κ1) is 14.8. The van der Waals surface area contributed by atoms with Gasteiger partial charge in [0.25, 0.3) is 0 Å². The Labute approximate surface area is 117 Å². The Hall–Kier alpha value is -0.610. The average molecular weight is 268 g/mol. The van der Waals surface area contributed by atoms with E-state index in [0.29, 0.717) is 6.54 Å². The van der Waals surface area contributed by atoms with Crippen LogP contribution in [-0.2, 0) is 9.53 Å². The van der Waals surface area contributed by atoms with Gasteiger partial charge in [-0.05, 0) is 52.6 Å². The van der Waals surface area contributed by atoms with E-state index in [9.17, 15) is 4.79 Å². The maximum absolute atomic E-state index is 11.6. The topological polar surface area (TPSA) is 32.8 Å². The zero-order valence-electron chi connectivity index (χ0n) is 12.4. The van der Waals surface area contributed by atoms with Crippen molar-refractivity contribution in [2.75, 3.05) is 32.7 Å². The minimum Gasteiger partial charge on any atom is -0.462 e. The van der Waals surface area contributed by atoms with E-state index in [1.165, 1.54) is 45.2 Å². The molecule has 0 amide bonds. The molecule has 2 heterocycles. The number of esters is 1. The minimum absolute atomic E-state index is 0.00149. The lowest BCUT2D eigenvalue weighted by Gasteiger charge is -2.39. The van der Waals surface area contributed by atoms with Crippen LogP contribution in [0.5, 0.6) is 0 Å². The summed E-state index contributed by atoms with van der Waals surface area (Å²) in [6.07, 6.45) is 6.53. The molecule has 0 atom stereocenters. The van der Waals surface area contributed by atoms with Crippen LogP contribution >= 0.6 is 0 Å². The van der Waals surface area contributed by atoms with Gasteiger partial charge in [0.2, 0.25) is 0 Å². The van der Waals surface area contributed by atoms with Gasteiger partial charge < -0.3 is 9.64 Å². The fourth-order valence-corrected chi connectivity index (χ4v) is 3.21. The van der Waals surface area contributed by atoms with E-state index < -0.39 is 0 Å². The van der Waals surface area contributed by atoms with Crippen molar-refractivity contribution in [3.05, 3.63) is 0 Å². The number of rotatable bonds is 4. The van der Waals surface area contributed by atoms with Crippen LogP contribution in [0, 0.1) is 0 Å². The van der Waals surface area contributed by atoms with Crippen LogP contribution in [0.15, 0.2) is 0 Å². The molecule has 0 radical (unpaired) electrons. The van der Waals surface area contributed by atoms with Crippen molar-refractivity contribution in [2.24, 2.45) is 0 Å². The van der Waals surface area contributed by atoms with Crippen LogP contribution in [0.3, 0.4) is 0 Å². The first-order valence-corrected chi connectivity index (χ1v) is 7.81. The van der Waals surface area contributed by atoms with E-state index in [1.807, 2.05) is 13.8 Å². The average Bonchev–Trinajstić information content (AvgIpc) is 2.39. The highest BCUT2D eigenvalue weighted by atomic mass is 16.5. The number of likely N-dealkylation sites (tertiary alicyclic amines) is 2. The van der Waals surface area contributed by atoms with Gasteiger partial charge >= 0.3 is 5.97 Å². The molecule has 2 saturated heterocycles. The third kappa shape index (κ3) is 4.77. The van der Waals surface area contributed by atoms with Gasteiger partial charge in [-0.25, -0.2) is 0 Å². The van der Waals surface area contributed by atoms with Gasteiger partial charge in [0.15, 0.2) is 0 Å². The van der Waals surface area contributed by atoms with Crippen molar-refractivity contribution < 1.29 is 9.53 Å². The van der Waals surface area contributed by atoms with E-state index in [-0.39, 0.29) is 12.1 Å². The van der Waals surface area contributed by atoms with Gasteiger partial charge in [0, 0.05) is 19.1 Å². The van der Waals surface area contributed by atoms with Gasteiger partial charge in [-0.15, -0.1) is 0 Å². The van der Waals surface area contributed by atoms with Crippen LogP contribution < -0.4 is 0 Å². The smallest absolute Gasteiger partial charge is 0.320 e. The molecule has 0 aromatic carbocycles. The molecule has 0 bridgehead atoms. The lowest BCUT2D eigenvalue weighted by atomic mass is 10.00. The summed E-state index contributed by atoms with van der Waals surface area (Å²) in [7, 11) is 0. The van der Waals surface area contributed by atoms with Gasteiger partial charge in [-0.1, -0.05) is 6.42 Å². The van der Waals surface area contributed by atoms with Crippen LogP contribution in [0.25, 0.3) is 0 Å². The second-order valence-corrected chi connectivity index (χ2v) is 6.14. The third-order valence-corrected chi connectivity index (χ3v) is 4.18. The molecule has 4 nitrogen and oxygen atoms in total. The number of carbonyl (C=O) groups is 1. The van der Waals surface area contributed by atoms with E-state index in [1.54, 1.807) is 0 Å². The summed E-state index contributed by atoms with van der Waals surface area (Å²) in [4.78, 5) is 16.5. The summed E-state index contributed by atoms with van der Waals surface area (Å²) in [5, 5.41) is 0. The van der Waals surface area contributed by atoms with Crippen LogP contribution in [0.4, 0.5) is 0 Å². The molecule has 0 saturated carbocycles. The number of hydrogen-bond acceptors (Lipinski definition) is 4. The second-order valence-electron chi connectivity index (χ2n) is 6.14. The normalized spacial score (nSPS) is 23.7. The number of piperidine rings is 2. The maximum Gasteiger partial charge on any atom is 0.320 e. The quantitative estimate of drug-likeness (QED) is 0.729. The summed E-state index contributed by atoms with van der Waals surface area (Å²) in [6, 6.07) is 0.748. The van der Waals surface area contributed by atoms with E-state index in [0.717, 1.165) is 19.1 Å². The minimum atomic E-state index is -0.0774. The van der Waals surface area contributed by atoms with E-state index in [2.05, 4.69) is 9.80 Å². The van der Waals surface area contributed by atoms with Crippen LogP contribution in [0.1, 0.15) is 46.0 Å². The highest BCUT2D eigenvalue weighted by molar-refractivity contribution is 5.71. The highest BCUT2D eigenvalue weighted by Crippen LogP contribution is 2.20. The predicted molar refractivity (Wildman–Crippen MR) is 76.1 cm³/mol. The number of nitrogens with zero attached hydrogens (tertiary/aromatic N) is 2. The monoisotopic (exact) mass is 268 g/mol. The fourth-order valence-electron chi connectivity index (χ4n) is 3.21. The summed E-state index contributed by atoms with van der Waals surface area (Å²) in [5.74, 6) is -0.0774. The lowest BCUT2D eigenvalue weighted by Crippen LogP contribution is -2.47. The second kappa shape index (κ2) is 7.25. The standard InChI is InChI=1S/C15H28N2O2/c1-13(2)19-15(18)12-16-10-6-14(7-11-16)17-8-4-3-5-9-17/h13-14H,3-12H2,1-2H3. The van der Waals surface area contributed by atoms with Crippen molar-refractivity contribution in [3.63, 3.8) is 0 Å². The largest absolute Gasteiger partial charge is 0.462 e. The first-order valence-electron chi connectivity index (χ1n) is 7.81. The van der Waals surface area contributed by atoms with Crippen molar-refractivity contribution in [1.29, 1.82) is 0 Å². The van der Waals surface area contributed by atoms with E-state index in [4.69, 9.17) is 4.74 Å². The Morgan fingerprint density at radius 3 is 2.32 bits per heavy atom. The molecule has 0 aliphatic carbocycles. The van der Waals surface area contributed by atoms with Gasteiger partial charge in [-0.2, -0.15) is 0 Å². The summed E-state index contributed by atoms with van der Waals surface area (Å²) in [6.45, 7) is 8.90. The Bertz CT molecular complexity index is 280. The molecule has 0 aromatic rings. The lowest BCUT2D eigenvalue weighted by molar-refractivity contribution is -0.149. The molecule has 2 rings (SSSR count). The zero-order valence-corrected chi connectivity index (χ0v) is 12.4. The molecular formula is C15H28N2O2. The fraction of sp³-hybridized carbons (Fsp3) is 0.933. The Kier molecular flexibility index (Phi) is 5.64. The number of ether oxygens (including phenoxy) is 1. The first-order chi connectivity index (χ1) is 9.15. The van der Waals surface area contributed by atoms with Crippen molar-refractivity contribution in [2.45, 2.75) is 58.1 Å².